The normalized spacial score (nSPS) is 11.8. The number of aromatic nitrogens is 4. The van der Waals surface area contributed by atoms with E-state index in [1.54, 1.807) is 84.6 Å². The summed E-state index contributed by atoms with van der Waals surface area (Å²) in [7, 11) is 3.33. The Kier molecular flexibility index (Phi) is 7.76. The third kappa shape index (κ3) is 5.35. The fourth-order valence-corrected chi connectivity index (χ4v) is 5.47. The molecule has 1 atom stereocenters. The zero-order valence-electron chi connectivity index (χ0n) is 24.4. The predicted molar refractivity (Wildman–Crippen MR) is 166 cm³/mol. The topological polar surface area (TPSA) is 88.2 Å². The molecule has 3 aromatic carbocycles. The van der Waals surface area contributed by atoms with Crippen LogP contribution in [0.25, 0.3) is 22.2 Å². The van der Waals surface area contributed by atoms with Crippen LogP contribution in [0.15, 0.2) is 108 Å². The van der Waals surface area contributed by atoms with Gasteiger partial charge in [0.25, 0.3) is 5.56 Å². The highest BCUT2D eigenvalue weighted by Crippen LogP contribution is 2.33. The smallest absolute Gasteiger partial charge is 0.278 e. The summed E-state index contributed by atoms with van der Waals surface area (Å²) < 4.78 is 29.8. The van der Waals surface area contributed by atoms with Crippen LogP contribution in [0.3, 0.4) is 0 Å². The standard InChI is InChI=1S/C35H29FN4O4/c1-22(24-7-5-4-6-8-24)40-35(42)33(34(39(40)2)25-13-16-37-17-14-25)30(41)20-23-9-12-32(28(36)19-23)44-31-15-18-38-29-21-26(43-3)10-11-27(29)31/h4-19,21-22H,20H2,1-3H3/t22-/m0/s1. The van der Waals surface area contributed by atoms with Crippen molar-refractivity contribution in [1.82, 2.24) is 19.3 Å². The summed E-state index contributed by atoms with van der Waals surface area (Å²) in [6.45, 7) is 1.91. The van der Waals surface area contributed by atoms with Gasteiger partial charge in [-0.25, -0.2) is 9.07 Å². The van der Waals surface area contributed by atoms with Gasteiger partial charge in [-0.15, -0.1) is 0 Å². The lowest BCUT2D eigenvalue weighted by molar-refractivity contribution is 0.0992. The maximum Gasteiger partial charge on any atom is 0.278 e. The Bertz CT molecular complexity index is 2040. The van der Waals surface area contributed by atoms with Crippen molar-refractivity contribution in [2.75, 3.05) is 7.11 Å². The van der Waals surface area contributed by atoms with Crippen LogP contribution in [0.1, 0.15) is 34.5 Å². The maximum atomic E-state index is 15.3. The first-order valence-electron chi connectivity index (χ1n) is 14.0. The lowest BCUT2D eigenvalue weighted by Gasteiger charge is -2.17. The van der Waals surface area contributed by atoms with Crippen LogP contribution < -0.4 is 15.0 Å². The summed E-state index contributed by atoms with van der Waals surface area (Å²) >= 11 is 0. The molecule has 0 saturated heterocycles. The highest BCUT2D eigenvalue weighted by Gasteiger charge is 2.28. The molecule has 6 rings (SSSR count). The lowest BCUT2D eigenvalue weighted by atomic mass is 10.00. The minimum absolute atomic E-state index is 0.000689. The van der Waals surface area contributed by atoms with E-state index >= 15 is 4.39 Å². The van der Waals surface area contributed by atoms with Gasteiger partial charge in [-0.3, -0.25) is 24.2 Å². The van der Waals surface area contributed by atoms with Crippen molar-refractivity contribution in [3.05, 3.63) is 136 Å². The third-order valence-electron chi connectivity index (χ3n) is 7.68. The molecule has 0 amide bonds. The van der Waals surface area contributed by atoms with Gasteiger partial charge in [0.2, 0.25) is 0 Å². The molecule has 6 aromatic rings. The molecular formula is C35H29FN4O4. The SMILES string of the molecule is COc1ccc2c(Oc3ccc(CC(=O)c4c(-c5ccncc5)n(C)n([C@@H](C)c5ccccc5)c4=O)cc3F)ccnc2c1. The molecule has 0 radical (unpaired) electrons. The molecule has 220 valence electrons. The first kappa shape index (κ1) is 28.5. The molecule has 3 heterocycles. The van der Waals surface area contributed by atoms with Gasteiger partial charge in [0, 0.05) is 49.1 Å². The van der Waals surface area contributed by atoms with Gasteiger partial charge in [-0.05, 0) is 60.5 Å². The van der Waals surface area contributed by atoms with E-state index in [1.807, 2.05) is 37.3 Å². The Labute approximate surface area is 253 Å². The molecule has 0 saturated carbocycles. The van der Waals surface area contributed by atoms with Crippen molar-refractivity contribution in [2.45, 2.75) is 19.4 Å². The Morgan fingerprint density at radius 2 is 1.70 bits per heavy atom. The molecule has 0 spiro atoms. The number of benzene rings is 3. The number of ketones is 1. The fraction of sp³-hybridized carbons (Fsp3) is 0.143. The number of rotatable bonds is 9. The van der Waals surface area contributed by atoms with Gasteiger partial charge >= 0.3 is 0 Å². The second-order valence-electron chi connectivity index (χ2n) is 10.4. The second-order valence-corrected chi connectivity index (χ2v) is 10.4. The molecule has 0 N–H and O–H groups in total. The highest BCUT2D eigenvalue weighted by atomic mass is 19.1. The number of pyridine rings is 2. The van der Waals surface area contributed by atoms with E-state index in [0.29, 0.717) is 39.2 Å². The van der Waals surface area contributed by atoms with E-state index in [-0.39, 0.29) is 23.8 Å². The number of halogens is 1. The van der Waals surface area contributed by atoms with Crippen molar-refractivity contribution in [3.8, 4) is 28.5 Å². The van der Waals surface area contributed by atoms with E-state index in [0.717, 1.165) is 5.56 Å². The molecule has 0 fully saturated rings. The summed E-state index contributed by atoms with van der Waals surface area (Å²) in [5.41, 5.74) is 2.77. The van der Waals surface area contributed by atoms with E-state index in [1.165, 1.54) is 12.1 Å². The number of carbonyl (C=O) groups excluding carboxylic acids is 1. The number of carbonyl (C=O) groups is 1. The fourth-order valence-electron chi connectivity index (χ4n) is 5.47. The van der Waals surface area contributed by atoms with Crippen LogP contribution in [-0.2, 0) is 13.5 Å². The number of methoxy groups -OCH3 is 1. The van der Waals surface area contributed by atoms with Crippen molar-refractivity contribution in [1.29, 1.82) is 0 Å². The van der Waals surface area contributed by atoms with Gasteiger partial charge in [0.1, 0.15) is 17.1 Å². The molecule has 0 aliphatic heterocycles. The molecule has 8 nitrogen and oxygen atoms in total. The number of hydrogen-bond acceptors (Lipinski definition) is 6. The van der Waals surface area contributed by atoms with E-state index in [4.69, 9.17) is 9.47 Å². The van der Waals surface area contributed by atoms with Crippen LogP contribution in [0.4, 0.5) is 4.39 Å². The largest absolute Gasteiger partial charge is 0.497 e. The van der Waals surface area contributed by atoms with E-state index < -0.39 is 17.2 Å². The van der Waals surface area contributed by atoms with Crippen LogP contribution in [0.5, 0.6) is 17.2 Å². The number of Topliss-reactive ketones (excluding diaryl/α,β-unsaturated/α-hetero) is 1. The van der Waals surface area contributed by atoms with Gasteiger partial charge < -0.3 is 9.47 Å². The van der Waals surface area contributed by atoms with Crippen LogP contribution in [-0.4, -0.2) is 32.2 Å². The Morgan fingerprint density at radius 1 is 0.932 bits per heavy atom. The quantitative estimate of drug-likeness (QED) is 0.173. The Morgan fingerprint density at radius 3 is 2.43 bits per heavy atom. The van der Waals surface area contributed by atoms with Crippen molar-refractivity contribution >= 4 is 16.7 Å². The van der Waals surface area contributed by atoms with Crippen molar-refractivity contribution in [3.63, 3.8) is 0 Å². The van der Waals surface area contributed by atoms with Gasteiger partial charge in [0.05, 0.1) is 24.4 Å². The maximum absolute atomic E-state index is 15.3. The average molecular weight is 589 g/mol. The summed E-state index contributed by atoms with van der Waals surface area (Å²) in [4.78, 5) is 36.2. The van der Waals surface area contributed by atoms with Crippen LogP contribution in [0.2, 0.25) is 0 Å². The summed E-state index contributed by atoms with van der Waals surface area (Å²) in [5, 5.41) is 0.695. The van der Waals surface area contributed by atoms with Crippen molar-refractivity contribution < 1.29 is 18.7 Å². The van der Waals surface area contributed by atoms with Crippen LogP contribution in [0, 0.1) is 5.82 Å². The zero-order chi connectivity index (χ0) is 30.8. The molecule has 0 aliphatic carbocycles. The number of nitrogens with zero attached hydrogens (tertiary/aromatic N) is 4. The zero-order valence-corrected chi connectivity index (χ0v) is 24.4. The average Bonchev–Trinajstić information content (AvgIpc) is 3.32. The molecule has 9 heteroatoms. The number of fused-ring (bicyclic) bond motifs is 1. The van der Waals surface area contributed by atoms with E-state index in [9.17, 15) is 9.59 Å². The molecular weight excluding hydrogens is 559 g/mol. The Balaban J connectivity index is 1.32. The van der Waals surface area contributed by atoms with Gasteiger partial charge in [-0.2, -0.15) is 0 Å². The van der Waals surface area contributed by atoms with Gasteiger partial charge in [-0.1, -0.05) is 36.4 Å². The molecule has 0 bridgehead atoms. The first-order chi connectivity index (χ1) is 21.4. The number of hydrogen-bond donors (Lipinski definition) is 0. The Hall–Kier alpha value is -5.57. The minimum atomic E-state index is -0.633. The molecule has 0 aliphatic rings. The second kappa shape index (κ2) is 12.0. The van der Waals surface area contributed by atoms with Crippen LogP contribution >= 0.6 is 0 Å². The number of ether oxygens (including phenoxy) is 2. The summed E-state index contributed by atoms with van der Waals surface area (Å²) in [5.74, 6) is 0.0273. The molecule has 44 heavy (non-hydrogen) atoms. The first-order valence-corrected chi connectivity index (χ1v) is 14.0. The monoisotopic (exact) mass is 588 g/mol. The molecule has 0 unspecified atom stereocenters. The van der Waals surface area contributed by atoms with E-state index in [2.05, 4.69) is 9.97 Å². The highest BCUT2D eigenvalue weighted by molar-refractivity contribution is 6.02. The van der Waals surface area contributed by atoms with Crippen molar-refractivity contribution in [2.24, 2.45) is 7.05 Å². The lowest BCUT2D eigenvalue weighted by Crippen LogP contribution is -2.28. The van der Waals surface area contributed by atoms with Gasteiger partial charge in [0.15, 0.2) is 17.3 Å². The predicted octanol–water partition coefficient (Wildman–Crippen LogP) is 6.77. The molecule has 3 aromatic heterocycles. The minimum Gasteiger partial charge on any atom is -0.497 e. The summed E-state index contributed by atoms with van der Waals surface area (Å²) in [6.07, 6.45) is 4.63. The summed E-state index contributed by atoms with van der Waals surface area (Å²) in [6, 6.07) is 24.2. The third-order valence-corrected chi connectivity index (χ3v) is 7.68.